The molecular weight excluding hydrogens is 361 g/mol. The van der Waals surface area contributed by atoms with Crippen LogP contribution in [0.15, 0.2) is 60.9 Å². The van der Waals surface area contributed by atoms with Gasteiger partial charge in [-0.1, -0.05) is 24.3 Å². The van der Waals surface area contributed by atoms with Gasteiger partial charge in [0.15, 0.2) is 0 Å². The Morgan fingerprint density at radius 3 is 2.86 bits per heavy atom. The molecule has 2 unspecified atom stereocenters. The summed E-state index contributed by atoms with van der Waals surface area (Å²) in [7, 11) is 0. The first-order valence-electron chi connectivity index (χ1n) is 9.19. The van der Waals surface area contributed by atoms with Crippen molar-refractivity contribution in [2.45, 2.75) is 18.2 Å². The molecule has 1 N–H and O–H groups in total. The third-order valence-electron chi connectivity index (χ3n) is 5.76. The van der Waals surface area contributed by atoms with Crippen molar-refractivity contribution < 1.29 is 18.7 Å². The van der Waals surface area contributed by atoms with E-state index in [1.54, 1.807) is 30.6 Å². The van der Waals surface area contributed by atoms with Gasteiger partial charge in [-0.15, -0.1) is 0 Å². The van der Waals surface area contributed by atoms with Crippen molar-refractivity contribution in [3.63, 3.8) is 0 Å². The molecule has 2 bridgehead atoms. The fraction of sp³-hybridized carbons (Fsp3) is 0.286. The van der Waals surface area contributed by atoms with E-state index in [4.69, 9.17) is 4.74 Å². The van der Waals surface area contributed by atoms with Gasteiger partial charge < -0.3 is 15.0 Å². The van der Waals surface area contributed by atoms with Gasteiger partial charge >= 0.3 is 0 Å². The lowest BCUT2D eigenvalue weighted by atomic mass is 9.77. The average Bonchev–Trinajstić information content (AvgIpc) is 3.36. The highest BCUT2D eigenvalue weighted by Gasteiger charge is 2.67. The largest absolute Gasteiger partial charge is 0.360 e. The number of nitrogens with zero attached hydrogens (tertiary/aromatic N) is 2. The van der Waals surface area contributed by atoms with E-state index >= 15 is 0 Å². The molecule has 0 radical (unpaired) electrons. The number of para-hydroxylation sites is 1. The number of anilines is 1. The Balaban J connectivity index is 1.40. The van der Waals surface area contributed by atoms with E-state index in [0.29, 0.717) is 6.54 Å². The van der Waals surface area contributed by atoms with E-state index < -0.39 is 29.4 Å². The molecule has 0 aliphatic carbocycles. The molecule has 3 aliphatic rings. The molecule has 5 rings (SSSR count). The molecule has 142 valence electrons. The summed E-state index contributed by atoms with van der Waals surface area (Å²) in [6.07, 6.45) is 6.58. The van der Waals surface area contributed by atoms with Crippen molar-refractivity contribution in [3.05, 3.63) is 72.3 Å². The molecule has 0 saturated carbocycles. The molecule has 1 aromatic carbocycles. The van der Waals surface area contributed by atoms with Gasteiger partial charge in [-0.05, 0) is 29.8 Å². The number of benzene rings is 1. The van der Waals surface area contributed by atoms with E-state index in [9.17, 15) is 14.0 Å². The number of rotatable bonds is 4. The van der Waals surface area contributed by atoms with Crippen LogP contribution in [0.4, 0.5) is 10.1 Å². The summed E-state index contributed by atoms with van der Waals surface area (Å²) in [6, 6.07) is 9.79. The zero-order valence-electron chi connectivity index (χ0n) is 14.9. The fourth-order valence-electron chi connectivity index (χ4n) is 4.48. The first-order valence-corrected chi connectivity index (χ1v) is 9.19. The number of carbonyl (C=O) groups excluding carboxylic acids is 2. The van der Waals surface area contributed by atoms with Gasteiger partial charge in [-0.2, -0.15) is 0 Å². The second-order valence-electron chi connectivity index (χ2n) is 7.35. The Labute approximate surface area is 161 Å². The third-order valence-corrected chi connectivity index (χ3v) is 5.76. The van der Waals surface area contributed by atoms with Gasteiger partial charge in [0.25, 0.3) is 0 Å². The molecule has 2 amide bonds. The minimum Gasteiger partial charge on any atom is -0.360 e. The minimum absolute atomic E-state index is 0.207. The van der Waals surface area contributed by atoms with Crippen LogP contribution in [-0.2, 0) is 20.9 Å². The van der Waals surface area contributed by atoms with Crippen LogP contribution in [0.25, 0.3) is 0 Å². The van der Waals surface area contributed by atoms with Gasteiger partial charge in [0.2, 0.25) is 11.8 Å². The van der Waals surface area contributed by atoms with Crippen LogP contribution in [-0.4, -0.2) is 35.0 Å². The second kappa shape index (κ2) is 6.24. The van der Waals surface area contributed by atoms with Crippen LogP contribution in [0.5, 0.6) is 0 Å². The summed E-state index contributed by atoms with van der Waals surface area (Å²) in [6.45, 7) is 0.553. The van der Waals surface area contributed by atoms with Crippen LogP contribution in [0, 0.1) is 17.7 Å². The topological polar surface area (TPSA) is 71.5 Å². The first kappa shape index (κ1) is 17.1. The molecule has 1 spiro atoms. The summed E-state index contributed by atoms with van der Waals surface area (Å²) in [5.41, 5.74) is 0.263. The number of carbonyl (C=O) groups is 2. The van der Waals surface area contributed by atoms with Crippen molar-refractivity contribution in [2.75, 3.05) is 11.4 Å². The molecule has 6 nitrogen and oxygen atoms in total. The van der Waals surface area contributed by atoms with Crippen LogP contribution in [0.1, 0.15) is 5.56 Å². The van der Waals surface area contributed by atoms with Gasteiger partial charge in [-0.25, -0.2) is 4.39 Å². The number of hydrogen-bond acceptors (Lipinski definition) is 4. The summed E-state index contributed by atoms with van der Waals surface area (Å²) in [5.74, 6) is -2.26. The Bertz CT molecular complexity index is 980. The van der Waals surface area contributed by atoms with Gasteiger partial charge in [0.1, 0.15) is 11.4 Å². The van der Waals surface area contributed by atoms with E-state index in [0.717, 1.165) is 5.56 Å². The quantitative estimate of drug-likeness (QED) is 0.823. The van der Waals surface area contributed by atoms with E-state index in [1.807, 2.05) is 24.3 Å². The number of halogens is 1. The molecule has 4 atom stereocenters. The number of pyridine rings is 1. The molecule has 3 aliphatic heterocycles. The van der Waals surface area contributed by atoms with E-state index in [2.05, 4.69) is 10.3 Å². The molecule has 4 heterocycles. The predicted octanol–water partition coefficient (Wildman–Crippen LogP) is 1.82. The van der Waals surface area contributed by atoms with E-state index in [-0.39, 0.29) is 24.0 Å². The highest BCUT2D eigenvalue weighted by Crippen LogP contribution is 2.52. The van der Waals surface area contributed by atoms with Crippen LogP contribution >= 0.6 is 0 Å². The molecule has 2 saturated heterocycles. The Kier molecular flexibility index (Phi) is 3.80. The normalized spacial score (nSPS) is 30.0. The SMILES string of the molecule is O=C(NCc1ccncc1)C1C2C(=O)N(c3ccccc3F)C[C@@]23C=C[C@@H]1O3. The molecule has 2 aromatic rings. The van der Waals surface area contributed by atoms with Crippen molar-refractivity contribution in [2.24, 2.45) is 11.8 Å². The predicted molar refractivity (Wildman–Crippen MR) is 98.6 cm³/mol. The van der Waals surface area contributed by atoms with Gasteiger partial charge in [0, 0.05) is 18.9 Å². The molecule has 2 fully saturated rings. The third kappa shape index (κ3) is 2.46. The molecule has 7 heteroatoms. The van der Waals surface area contributed by atoms with Crippen LogP contribution in [0.3, 0.4) is 0 Å². The smallest absolute Gasteiger partial charge is 0.234 e. The zero-order valence-corrected chi connectivity index (χ0v) is 14.9. The number of amides is 2. The van der Waals surface area contributed by atoms with Crippen molar-refractivity contribution in [1.29, 1.82) is 0 Å². The standard InChI is InChI=1S/C21H18FN3O3/c22-14-3-1-2-4-15(14)25-12-21-8-5-16(28-21)17(18(21)20(25)27)19(26)24-11-13-6-9-23-10-7-13/h1-10,16-18H,11-12H2,(H,24,26)/t16-,17?,18?,21-/m0/s1. The molecular formula is C21H18FN3O3. The summed E-state index contributed by atoms with van der Waals surface area (Å²) < 4.78 is 20.3. The summed E-state index contributed by atoms with van der Waals surface area (Å²) in [4.78, 5) is 31.4. The average molecular weight is 379 g/mol. The zero-order chi connectivity index (χ0) is 19.3. The number of nitrogens with one attached hydrogen (secondary N) is 1. The lowest BCUT2D eigenvalue weighted by molar-refractivity contribution is -0.132. The molecule has 28 heavy (non-hydrogen) atoms. The number of aromatic nitrogens is 1. The maximum Gasteiger partial charge on any atom is 0.234 e. The lowest BCUT2D eigenvalue weighted by Crippen LogP contribution is -2.44. The van der Waals surface area contributed by atoms with Crippen molar-refractivity contribution >= 4 is 17.5 Å². The van der Waals surface area contributed by atoms with Gasteiger partial charge in [-0.3, -0.25) is 14.6 Å². The van der Waals surface area contributed by atoms with Gasteiger partial charge in [0.05, 0.1) is 30.2 Å². The fourth-order valence-corrected chi connectivity index (χ4v) is 4.48. The Morgan fingerprint density at radius 1 is 1.29 bits per heavy atom. The number of hydrogen-bond donors (Lipinski definition) is 1. The Morgan fingerprint density at radius 2 is 2.07 bits per heavy atom. The Hall–Kier alpha value is -3.06. The van der Waals surface area contributed by atoms with Crippen LogP contribution in [0.2, 0.25) is 0 Å². The maximum absolute atomic E-state index is 14.3. The van der Waals surface area contributed by atoms with Crippen LogP contribution < -0.4 is 10.2 Å². The highest BCUT2D eigenvalue weighted by atomic mass is 19.1. The minimum atomic E-state index is -0.872. The lowest BCUT2D eigenvalue weighted by Gasteiger charge is -2.23. The van der Waals surface area contributed by atoms with Crippen molar-refractivity contribution in [1.82, 2.24) is 10.3 Å². The second-order valence-corrected chi connectivity index (χ2v) is 7.35. The highest BCUT2D eigenvalue weighted by molar-refractivity contribution is 6.03. The summed E-state index contributed by atoms with van der Waals surface area (Å²) >= 11 is 0. The van der Waals surface area contributed by atoms with E-state index in [1.165, 1.54) is 11.0 Å². The number of ether oxygens (including phenoxy) is 1. The first-order chi connectivity index (χ1) is 13.6. The van der Waals surface area contributed by atoms with Crippen molar-refractivity contribution in [3.8, 4) is 0 Å². The number of fused-ring (bicyclic) bond motifs is 1. The monoisotopic (exact) mass is 379 g/mol. The summed E-state index contributed by atoms with van der Waals surface area (Å²) in [5, 5.41) is 2.90. The molecule has 1 aromatic heterocycles. The maximum atomic E-state index is 14.3.